The van der Waals surface area contributed by atoms with E-state index in [-0.39, 0.29) is 22.8 Å². The minimum atomic E-state index is -3.56. The van der Waals surface area contributed by atoms with E-state index in [2.05, 4.69) is 22.4 Å². The second-order valence-electron chi connectivity index (χ2n) is 9.08. The van der Waals surface area contributed by atoms with Gasteiger partial charge in [-0.25, -0.2) is 8.42 Å². The van der Waals surface area contributed by atoms with Crippen LogP contribution in [0.3, 0.4) is 0 Å². The van der Waals surface area contributed by atoms with Crippen LogP contribution in [0.2, 0.25) is 0 Å². The second-order valence-corrected chi connectivity index (χ2v) is 11.0. The monoisotopic (exact) mass is 455 g/mol. The van der Waals surface area contributed by atoms with Crippen LogP contribution in [0.5, 0.6) is 0 Å². The summed E-state index contributed by atoms with van der Waals surface area (Å²) in [6.07, 6.45) is 11.4. The third-order valence-corrected chi connectivity index (χ3v) is 8.79. The highest BCUT2D eigenvalue weighted by Crippen LogP contribution is 2.32. The normalized spacial score (nSPS) is 20.0. The largest absolute Gasteiger partial charge is 0.349 e. The maximum Gasteiger partial charge on any atom is 0.244 e. The molecule has 2 fully saturated rings. The van der Waals surface area contributed by atoms with Crippen molar-refractivity contribution < 1.29 is 13.2 Å². The average Bonchev–Trinajstić information content (AvgIpc) is 2.85. The highest BCUT2D eigenvalue weighted by atomic mass is 32.2. The van der Waals surface area contributed by atoms with Crippen molar-refractivity contribution in [2.24, 2.45) is 11.8 Å². The predicted molar refractivity (Wildman–Crippen MR) is 124 cm³/mol. The summed E-state index contributed by atoms with van der Waals surface area (Å²) in [6, 6.07) is 13.5. The zero-order valence-electron chi connectivity index (χ0n) is 18.5. The van der Waals surface area contributed by atoms with Gasteiger partial charge in [-0.3, -0.25) is 9.78 Å². The number of hydrogen-bond acceptors (Lipinski definition) is 4. The fraction of sp³-hybridized carbons (Fsp3) is 0.520. The number of benzene rings is 1. The number of nitrogens with zero attached hydrogens (tertiary/aromatic N) is 2. The summed E-state index contributed by atoms with van der Waals surface area (Å²) < 4.78 is 27.1. The molecular formula is C25H33N3O3S. The van der Waals surface area contributed by atoms with E-state index in [0.29, 0.717) is 31.8 Å². The molecular weight excluding hydrogens is 422 g/mol. The molecule has 32 heavy (non-hydrogen) atoms. The highest BCUT2D eigenvalue weighted by molar-refractivity contribution is 7.89. The molecule has 0 radical (unpaired) electrons. The van der Waals surface area contributed by atoms with Crippen LogP contribution in [0.1, 0.15) is 63.0 Å². The van der Waals surface area contributed by atoms with Crippen LogP contribution >= 0.6 is 0 Å². The van der Waals surface area contributed by atoms with Crippen LogP contribution in [0, 0.1) is 11.8 Å². The molecule has 0 spiro atoms. The van der Waals surface area contributed by atoms with Gasteiger partial charge in [0.15, 0.2) is 0 Å². The number of nitrogens with one attached hydrogen (secondary N) is 1. The molecule has 1 atom stereocenters. The van der Waals surface area contributed by atoms with Crippen LogP contribution in [-0.2, 0) is 14.8 Å². The Morgan fingerprint density at radius 1 is 1.00 bits per heavy atom. The summed E-state index contributed by atoms with van der Waals surface area (Å²) in [7, 11) is -3.56. The number of carbonyl (C=O) groups is 1. The van der Waals surface area contributed by atoms with Gasteiger partial charge in [-0.2, -0.15) is 4.31 Å². The minimum Gasteiger partial charge on any atom is -0.349 e. The molecule has 2 aromatic rings. The van der Waals surface area contributed by atoms with Gasteiger partial charge in [0.25, 0.3) is 0 Å². The number of sulfonamides is 1. The van der Waals surface area contributed by atoms with E-state index in [1.165, 1.54) is 42.6 Å². The minimum absolute atomic E-state index is 0.0176. The SMILES string of the molecule is O=C(NC(CC1CCCCC1)c1ccccc1)C1CCN(S(=O)(=O)c2cccnc2)CC1. The molecule has 0 bridgehead atoms. The summed E-state index contributed by atoms with van der Waals surface area (Å²) in [5.41, 5.74) is 1.16. The Labute approximate surface area is 191 Å². The molecule has 172 valence electrons. The summed E-state index contributed by atoms with van der Waals surface area (Å²) in [5.74, 6) is 0.543. The molecule has 1 unspecified atom stereocenters. The van der Waals surface area contributed by atoms with Crippen LogP contribution < -0.4 is 5.32 Å². The number of hydrogen-bond donors (Lipinski definition) is 1. The van der Waals surface area contributed by atoms with E-state index in [1.807, 2.05) is 18.2 Å². The van der Waals surface area contributed by atoms with Crippen molar-refractivity contribution in [3.63, 3.8) is 0 Å². The summed E-state index contributed by atoms with van der Waals surface area (Å²) in [4.78, 5) is 17.3. The van der Waals surface area contributed by atoms with E-state index in [1.54, 1.807) is 18.3 Å². The van der Waals surface area contributed by atoms with Gasteiger partial charge >= 0.3 is 0 Å². The average molecular weight is 456 g/mol. The lowest BCUT2D eigenvalue weighted by Gasteiger charge is -2.32. The molecule has 1 aromatic heterocycles. The lowest BCUT2D eigenvalue weighted by molar-refractivity contribution is -0.127. The van der Waals surface area contributed by atoms with Gasteiger partial charge in [0, 0.05) is 31.4 Å². The molecule has 2 aliphatic rings. The molecule has 1 N–H and O–H groups in total. The van der Waals surface area contributed by atoms with E-state index in [9.17, 15) is 13.2 Å². The molecule has 1 aliphatic heterocycles. The van der Waals surface area contributed by atoms with Crippen molar-refractivity contribution in [1.29, 1.82) is 0 Å². The molecule has 1 saturated carbocycles. The summed E-state index contributed by atoms with van der Waals surface area (Å²) >= 11 is 0. The fourth-order valence-electron chi connectivity index (χ4n) is 5.02. The summed E-state index contributed by atoms with van der Waals surface area (Å²) in [6.45, 7) is 0.710. The van der Waals surface area contributed by atoms with Gasteiger partial charge in [-0.15, -0.1) is 0 Å². The van der Waals surface area contributed by atoms with Gasteiger partial charge in [0.2, 0.25) is 15.9 Å². The quantitative estimate of drug-likeness (QED) is 0.675. The van der Waals surface area contributed by atoms with Gasteiger partial charge in [0.05, 0.1) is 6.04 Å². The maximum absolute atomic E-state index is 13.2. The van der Waals surface area contributed by atoms with Crippen LogP contribution in [-0.4, -0.2) is 36.7 Å². The first kappa shape index (κ1) is 22.9. The summed E-state index contributed by atoms with van der Waals surface area (Å²) in [5, 5.41) is 3.32. The van der Waals surface area contributed by atoms with Crippen molar-refractivity contribution in [3.05, 3.63) is 60.4 Å². The Kier molecular flexibility index (Phi) is 7.58. The number of piperidine rings is 1. The third kappa shape index (κ3) is 5.56. The van der Waals surface area contributed by atoms with Crippen molar-refractivity contribution in [1.82, 2.24) is 14.6 Å². The molecule has 7 heteroatoms. The van der Waals surface area contributed by atoms with E-state index in [0.717, 1.165) is 12.0 Å². The topological polar surface area (TPSA) is 79.4 Å². The number of amides is 1. The van der Waals surface area contributed by atoms with Gasteiger partial charge in [-0.05, 0) is 42.9 Å². The van der Waals surface area contributed by atoms with Crippen LogP contribution in [0.15, 0.2) is 59.8 Å². The van der Waals surface area contributed by atoms with Crippen LogP contribution in [0.25, 0.3) is 0 Å². The maximum atomic E-state index is 13.2. The molecule has 2 heterocycles. The standard InChI is InChI=1S/C25H33N3O3S/c29-25(22-13-16-28(17-14-22)32(30,31)23-12-7-15-26-19-23)27-24(21-10-5-2-6-11-21)18-20-8-3-1-4-9-20/h2,5-7,10-12,15,19-20,22,24H,1,3-4,8-9,13-14,16-18H2,(H,27,29). The first-order valence-corrected chi connectivity index (χ1v) is 13.2. The Balaban J connectivity index is 1.38. The molecule has 1 aliphatic carbocycles. The van der Waals surface area contributed by atoms with E-state index >= 15 is 0 Å². The third-order valence-electron chi connectivity index (χ3n) is 6.91. The zero-order chi connectivity index (χ0) is 22.4. The van der Waals surface area contributed by atoms with Crippen molar-refractivity contribution in [2.75, 3.05) is 13.1 Å². The van der Waals surface area contributed by atoms with Gasteiger partial charge in [0.1, 0.15) is 4.90 Å². The lowest BCUT2D eigenvalue weighted by Crippen LogP contribution is -2.43. The second kappa shape index (κ2) is 10.6. The Morgan fingerprint density at radius 3 is 2.38 bits per heavy atom. The lowest BCUT2D eigenvalue weighted by atomic mass is 9.83. The first-order valence-electron chi connectivity index (χ1n) is 11.8. The smallest absolute Gasteiger partial charge is 0.244 e. The molecule has 4 rings (SSSR count). The molecule has 1 aromatic carbocycles. The highest BCUT2D eigenvalue weighted by Gasteiger charge is 2.33. The number of pyridine rings is 1. The number of carbonyl (C=O) groups excluding carboxylic acids is 1. The fourth-order valence-corrected chi connectivity index (χ4v) is 6.45. The van der Waals surface area contributed by atoms with Crippen molar-refractivity contribution in [3.8, 4) is 0 Å². The number of rotatable bonds is 7. The molecule has 1 amide bonds. The Hall–Kier alpha value is -2.25. The van der Waals surface area contributed by atoms with E-state index in [4.69, 9.17) is 0 Å². The Morgan fingerprint density at radius 2 is 1.72 bits per heavy atom. The first-order chi connectivity index (χ1) is 15.5. The Bertz CT molecular complexity index is 968. The van der Waals surface area contributed by atoms with Crippen LogP contribution in [0.4, 0.5) is 0 Å². The molecule has 1 saturated heterocycles. The number of aromatic nitrogens is 1. The predicted octanol–water partition coefficient (Wildman–Crippen LogP) is 4.31. The van der Waals surface area contributed by atoms with Crippen molar-refractivity contribution >= 4 is 15.9 Å². The molecule has 6 nitrogen and oxygen atoms in total. The van der Waals surface area contributed by atoms with Gasteiger partial charge in [-0.1, -0.05) is 62.4 Å². The van der Waals surface area contributed by atoms with E-state index < -0.39 is 10.0 Å². The van der Waals surface area contributed by atoms with Gasteiger partial charge < -0.3 is 5.32 Å². The zero-order valence-corrected chi connectivity index (χ0v) is 19.3. The van der Waals surface area contributed by atoms with Crippen molar-refractivity contribution in [2.45, 2.75) is 62.3 Å².